The van der Waals surface area contributed by atoms with Gasteiger partial charge in [0.1, 0.15) is 5.75 Å². The number of hydrogen-bond acceptors (Lipinski definition) is 5. The van der Waals surface area contributed by atoms with Gasteiger partial charge in [-0.2, -0.15) is 0 Å². The van der Waals surface area contributed by atoms with Crippen molar-refractivity contribution < 1.29 is 9.53 Å². The Hall–Kier alpha value is -2.80. The Morgan fingerprint density at radius 2 is 1.96 bits per heavy atom. The van der Waals surface area contributed by atoms with Gasteiger partial charge < -0.3 is 14.6 Å². The maximum Gasteiger partial charge on any atom is 0.234 e. The molecule has 27 heavy (non-hydrogen) atoms. The Bertz CT molecular complexity index is 922. The number of amides is 1. The molecule has 0 aliphatic rings. The van der Waals surface area contributed by atoms with Crippen molar-refractivity contribution in [3.63, 3.8) is 0 Å². The highest BCUT2D eigenvalue weighted by Gasteiger charge is 2.14. The van der Waals surface area contributed by atoms with Gasteiger partial charge in [0.2, 0.25) is 5.91 Å². The van der Waals surface area contributed by atoms with Gasteiger partial charge in [0.15, 0.2) is 11.0 Å². The Balaban J connectivity index is 1.68. The summed E-state index contributed by atoms with van der Waals surface area (Å²) in [7, 11) is 1.64. The van der Waals surface area contributed by atoms with Crippen LogP contribution in [0.15, 0.2) is 53.7 Å². The molecule has 3 aromatic rings. The zero-order chi connectivity index (χ0) is 19.2. The minimum absolute atomic E-state index is 0.0674. The first-order valence-electron chi connectivity index (χ1n) is 8.67. The number of carbonyl (C=O) groups excluding carboxylic acids is 1. The quantitative estimate of drug-likeness (QED) is 0.625. The molecule has 0 fully saturated rings. The lowest BCUT2D eigenvalue weighted by Gasteiger charge is -2.08. The van der Waals surface area contributed by atoms with Gasteiger partial charge >= 0.3 is 0 Å². The summed E-state index contributed by atoms with van der Waals surface area (Å²) in [5.41, 5.74) is 2.87. The third-order valence-electron chi connectivity index (χ3n) is 4.02. The first kappa shape index (κ1) is 19.0. The van der Waals surface area contributed by atoms with Crippen LogP contribution < -0.4 is 10.1 Å². The molecule has 1 aromatic heterocycles. The van der Waals surface area contributed by atoms with E-state index in [4.69, 9.17) is 4.74 Å². The van der Waals surface area contributed by atoms with Gasteiger partial charge in [-0.15, -0.1) is 10.2 Å². The van der Waals surface area contributed by atoms with E-state index >= 15 is 0 Å². The topological polar surface area (TPSA) is 69.0 Å². The fourth-order valence-electron chi connectivity index (χ4n) is 2.68. The van der Waals surface area contributed by atoms with Gasteiger partial charge in [-0.1, -0.05) is 23.9 Å². The van der Waals surface area contributed by atoms with Gasteiger partial charge in [-0.05, 0) is 55.8 Å². The predicted octanol–water partition coefficient (Wildman–Crippen LogP) is 4.01. The van der Waals surface area contributed by atoms with Gasteiger partial charge in [0.05, 0.1) is 12.9 Å². The van der Waals surface area contributed by atoms with Crippen LogP contribution in [0.4, 0.5) is 5.69 Å². The third-order valence-corrected chi connectivity index (χ3v) is 4.98. The van der Waals surface area contributed by atoms with E-state index in [0.717, 1.165) is 40.1 Å². The van der Waals surface area contributed by atoms with Crippen molar-refractivity contribution in [3.05, 3.63) is 54.1 Å². The molecule has 0 unspecified atom stereocenters. The van der Waals surface area contributed by atoms with Crippen LogP contribution in [-0.2, 0) is 11.3 Å². The van der Waals surface area contributed by atoms with Crippen molar-refractivity contribution in [3.8, 4) is 17.1 Å². The normalized spacial score (nSPS) is 10.6. The molecule has 0 saturated heterocycles. The molecule has 0 saturated carbocycles. The largest absolute Gasteiger partial charge is 0.497 e. The zero-order valence-corrected chi connectivity index (χ0v) is 16.4. The Kier molecular flexibility index (Phi) is 6.13. The zero-order valence-electron chi connectivity index (χ0n) is 15.6. The van der Waals surface area contributed by atoms with Crippen molar-refractivity contribution in [2.24, 2.45) is 0 Å². The van der Waals surface area contributed by atoms with Crippen LogP contribution in [0.5, 0.6) is 5.75 Å². The van der Waals surface area contributed by atoms with Gasteiger partial charge in [-0.25, -0.2) is 0 Å². The molecule has 0 aliphatic carbocycles. The third kappa shape index (κ3) is 4.68. The number of aryl methyl sites for hydroxylation is 1. The Labute approximate surface area is 163 Å². The summed E-state index contributed by atoms with van der Waals surface area (Å²) < 4.78 is 7.20. The van der Waals surface area contributed by atoms with Gasteiger partial charge in [-0.3, -0.25) is 4.79 Å². The van der Waals surface area contributed by atoms with Crippen LogP contribution in [0.25, 0.3) is 11.4 Å². The number of benzene rings is 2. The van der Waals surface area contributed by atoms with Crippen molar-refractivity contribution in [2.75, 3.05) is 18.2 Å². The number of ether oxygens (including phenoxy) is 1. The minimum atomic E-state index is -0.0674. The maximum absolute atomic E-state index is 12.2. The average Bonchev–Trinajstić information content (AvgIpc) is 3.09. The second-order valence-electron chi connectivity index (χ2n) is 5.99. The van der Waals surface area contributed by atoms with Crippen LogP contribution >= 0.6 is 11.8 Å². The van der Waals surface area contributed by atoms with E-state index < -0.39 is 0 Å². The molecule has 3 rings (SSSR count). The van der Waals surface area contributed by atoms with Gasteiger partial charge in [0, 0.05) is 17.8 Å². The molecule has 140 valence electrons. The highest BCUT2D eigenvalue weighted by molar-refractivity contribution is 7.99. The second-order valence-corrected chi connectivity index (χ2v) is 6.93. The van der Waals surface area contributed by atoms with E-state index in [9.17, 15) is 4.79 Å². The maximum atomic E-state index is 12.2. The number of thioether (sulfide) groups is 1. The number of rotatable bonds is 7. The van der Waals surface area contributed by atoms with Crippen molar-refractivity contribution in [1.29, 1.82) is 0 Å². The Morgan fingerprint density at radius 1 is 1.19 bits per heavy atom. The number of nitrogens with zero attached hydrogens (tertiary/aromatic N) is 3. The van der Waals surface area contributed by atoms with E-state index in [1.165, 1.54) is 11.8 Å². The lowest BCUT2D eigenvalue weighted by Crippen LogP contribution is -2.14. The van der Waals surface area contributed by atoms with Crippen molar-refractivity contribution in [2.45, 2.75) is 25.5 Å². The predicted molar refractivity (Wildman–Crippen MR) is 108 cm³/mol. The molecule has 2 aromatic carbocycles. The summed E-state index contributed by atoms with van der Waals surface area (Å²) in [5, 5.41) is 12.2. The van der Waals surface area contributed by atoms with Crippen LogP contribution in [0.1, 0.15) is 12.5 Å². The molecule has 1 amide bonds. The van der Waals surface area contributed by atoms with Crippen molar-refractivity contribution >= 4 is 23.4 Å². The first-order chi connectivity index (χ1) is 13.1. The van der Waals surface area contributed by atoms with Crippen LogP contribution in [0, 0.1) is 6.92 Å². The van der Waals surface area contributed by atoms with E-state index in [2.05, 4.69) is 15.5 Å². The Morgan fingerprint density at radius 3 is 2.63 bits per heavy atom. The summed E-state index contributed by atoms with van der Waals surface area (Å²) in [5.74, 6) is 1.78. The molecule has 0 radical (unpaired) electrons. The number of nitrogens with one attached hydrogen (secondary N) is 1. The molecular weight excluding hydrogens is 360 g/mol. The molecule has 0 aliphatic heterocycles. The number of hydrogen-bond donors (Lipinski definition) is 1. The summed E-state index contributed by atoms with van der Waals surface area (Å²) in [6, 6.07) is 15.4. The summed E-state index contributed by atoms with van der Waals surface area (Å²) in [6.07, 6.45) is 0. The standard InChI is InChI=1S/C20H22N4O2S/c1-4-24-19(15-8-10-17(26-3)11-9-15)22-23-20(24)27-13-18(25)21-16-7-5-6-14(2)12-16/h5-12H,4,13H2,1-3H3,(H,21,25). The molecule has 0 bridgehead atoms. The molecule has 1 heterocycles. The highest BCUT2D eigenvalue weighted by atomic mass is 32.2. The monoisotopic (exact) mass is 382 g/mol. The van der Waals surface area contributed by atoms with Crippen LogP contribution in [0.2, 0.25) is 0 Å². The van der Waals surface area contributed by atoms with Crippen LogP contribution in [-0.4, -0.2) is 33.5 Å². The van der Waals surface area contributed by atoms with E-state index in [0.29, 0.717) is 0 Å². The molecule has 1 N–H and O–H groups in total. The smallest absolute Gasteiger partial charge is 0.234 e. The SMILES string of the molecule is CCn1c(SCC(=O)Nc2cccc(C)c2)nnc1-c1ccc(OC)cc1. The minimum Gasteiger partial charge on any atom is -0.497 e. The van der Waals surface area contributed by atoms with Crippen molar-refractivity contribution in [1.82, 2.24) is 14.8 Å². The molecular formula is C20H22N4O2S. The number of methoxy groups -OCH3 is 1. The number of aromatic nitrogens is 3. The van der Waals surface area contributed by atoms with Crippen LogP contribution in [0.3, 0.4) is 0 Å². The lowest BCUT2D eigenvalue weighted by atomic mass is 10.2. The number of carbonyl (C=O) groups is 1. The first-order valence-corrected chi connectivity index (χ1v) is 9.66. The summed E-state index contributed by atoms with van der Waals surface area (Å²) in [4.78, 5) is 12.2. The lowest BCUT2D eigenvalue weighted by molar-refractivity contribution is -0.113. The summed E-state index contributed by atoms with van der Waals surface area (Å²) >= 11 is 1.38. The van der Waals surface area contributed by atoms with E-state index in [1.54, 1.807) is 7.11 Å². The highest BCUT2D eigenvalue weighted by Crippen LogP contribution is 2.25. The second kappa shape index (κ2) is 8.73. The molecule has 7 heteroatoms. The fourth-order valence-corrected chi connectivity index (χ4v) is 3.49. The number of anilines is 1. The molecule has 0 spiro atoms. The molecule has 6 nitrogen and oxygen atoms in total. The molecule has 0 atom stereocenters. The average molecular weight is 382 g/mol. The van der Waals surface area contributed by atoms with Gasteiger partial charge in [0.25, 0.3) is 0 Å². The fraction of sp³-hybridized carbons (Fsp3) is 0.250. The summed E-state index contributed by atoms with van der Waals surface area (Å²) in [6.45, 7) is 4.75. The van der Waals surface area contributed by atoms with E-state index in [-0.39, 0.29) is 11.7 Å². The van der Waals surface area contributed by atoms with E-state index in [1.807, 2.05) is 66.9 Å².